The maximum absolute atomic E-state index is 11.6. The van der Waals surface area contributed by atoms with Crippen LogP contribution in [0.3, 0.4) is 0 Å². The van der Waals surface area contributed by atoms with Gasteiger partial charge in [-0.1, -0.05) is 23.8 Å². The Morgan fingerprint density at radius 2 is 2.00 bits per heavy atom. The molecule has 1 aliphatic carbocycles. The van der Waals surface area contributed by atoms with Gasteiger partial charge >= 0.3 is 0 Å². The molecule has 1 atom stereocenters. The van der Waals surface area contributed by atoms with Crippen LogP contribution in [0.2, 0.25) is 0 Å². The average Bonchev–Trinajstić information content (AvgIpc) is 2.65. The molecule has 0 fully saturated rings. The van der Waals surface area contributed by atoms with Gasteiger partial charge in [0, 0.05) is 16.6 Å². The highest BCUT2D eigenvalue weighted by molar-refractivity contribution is 8.00. The molecule has 3 rings (SSSR count). The Hall–Kier alpha value is -1.02. The van der Waals surface area contributed by atoms with Gasteiger partial charge in [-0.05, 0) is 49.8 Å². The van der Waals surface area contributed by atoms with Crippen LogP contribution in [-0.2, 0) is 11.2 Å². The molecule has 1 unspecified atom stereocenters. The van der Waals surface area contributed by atoms with Crippen LogP contribution in [0.15, 0.2) is 40.8 Å². The molecule has 2 heteroatoms. The van der Waals surface area contributed by atoms with E-state index < -0.39 is 0 Å². The first kappa shape index (κ1) is 12.0. The van der Waals surface area contributed by atoms with Crippen molar-refractivity contribution in [2.75, 3.05) is 0 Å². The highest BCUT2D eigenvalue weighted by atomic mass is 32.2. The van der Waals surface area contributed by atoms with Gasteiger partial charge in [0.15, 0.2) is 5.78 Å². The summed E-state index contributed by atoms with van der Waals surface area (Å²) in [5.41, 5.74) is 2.86. The molecule has 0 radical (unpaired) electrons. The van der Waals surface area contributed by atoms with Crippen molar-refractivity contribution < 1.29 is 4.79 Å². The summed E-state index contributed by atoms with van der Waals surface area (Å²) in [6.07, 6.45) is 8.30. The van der Waals surface area contributed by atoms with E-state index in [1.807, 2.05) is 17.8 Å². The molecule has 18 heavy (non-hydrogen) atoms. The molecule has 0 bridgehead atoms. The number of carbonyl (C=O) groups is 1. The highest BCUT2D eigenvalue weighted by Crippen LogP contribution is 2.40. The van der Waals surface area contributed by atoms with Gasteiger partial charge in [-0.25, -0.2) is 0 Å². The zero-order valence-corrected chi connectivity index (χ0v) is 11.3. The summed E-state index contributed by atoms with van der Waals surface area (Å²) in [5, 5.41) is 0.638. The number of thioether (sulfide) groups is 1. The average molecular weight is 258 g/mol. The molecule has 1 aromatic carbocycles. The summed E-state index contributed by atoms with van der Waals surface area (Å²) in [4.78, 5) is 13.0. The number of rotatable bonds is 2. The van der Waals surface area contributed by atoms with Crippen molar-refractivity contribution in [3.8, 4) is 0 Å². The standard InChI is InChI=1S/C16H18OS/c17-14-7-3-1-5-12(9-14)10-15-11-13-6-2-4-8-16(13)18-15/h2,4,6,8-9,15H,1,3,5,7,10-11H2. The van der Waals surface area contributed by atoms with E-state index in [1.54, 1.807) is 0 Å². The molecule has 0 saturated heterocycles. The quantitative estimate of drug-likeness (QED) is 0.792. The second-order valence-corrected chi connectivity index (χ2v) is 6.57. The van der Waals surface area contributed by atoms with Crippen LogP contribution in [0, 0.1) is 0 Å². The Morgan fingerprint density at radius 3 is 2.89 bits per heavy atom. The summed E-state index contributed by atoms with van der Waals surface area (Å²) in [5.74, 6) is 0.336. The van der Waals surface area contributed by atoms with E-state index in [0.717, 1.165) is 32.1 Å². The summed E-state index contributed by atoms with van der Waals surface area (Å²) in [6, 6.07) is 8.68. The van der Waals surface area contributed by atoms with Gasteiger partial charge in [-0.2, -0.15) is 0 Å². The number of hydrogen-bond acceptors (Lipinski definition) is 2. The second-order valence-electron chi connectivity index (χ2n) is 5.23. The Kier molecular flexibility index (Phi) is 3.55. The van der Waals surface area contributed by atoms with E-state index in [0.29, 0.717) is 11.0 Å². The van der Waals surface area contributed by atoms with Crippen LogP contribution in [0.4, 0.5) is 0 Å². The molecular formula is C16H18OS. The third-order valence-corrected chi connectivity index (χ3v) is 5.06. The first-order valence-electron chi connectivity index (χ1n) is 6.78. The van der Waals surface area contributed by atoms with E-state index in [1.165, 1.54) is 22.5 Å². The van der Waals surface area contributed by atoms with Gasteiger partial charge in [0.25, 0.3) is 0 Å². The smallest absolute Gasteiger partial charge is 0.155 e. The maximum Gasteiger partial charge on any atom is 0.155 e. The van der Waals surface area contributed by atoms with Crippen molar-refractivity contribution in [3.63, 3.8) is 0 Å². The molecular weight excluding hydrogens is 240 g/mol. The Labute approximate surface area is 113 Å². The fourth-order valence-corrected chi connectivity index (χ4v) is 4.22. The molecule has 0 saturated carbocycles. The molecule has 1 aliphatic heterocycles. The number of hydrogen-bond donors (Lipinski definition) is 0. The molecule has 0 N–H and O–H groups in total. The minimum absolute atomic E-state index is 0.336. The third kappa shape index (κ3) is 2.69. The molecule has 1 aromatic rings. The van der Waals surface area contributed by atoms with E-state index in [2.05, 4.69) is 24.3 Å². The van der Waals surface area contributed by atoms with Gasteiger partial charge in [0.1, 0.15) is 0 Å². The van der Waals surface area contributed by atoms with Gasteiger partial charge in [0.2, 0.25) is 0 Å². The van der Waals surface area contributed by atoms with Crippen LogP contribution < -0.4 is 0 Å². The summed E-state index contributed by atoms with van der Waals surface area (Å²) < 4.78 is 0. The number of benzene rings is 1. The number of allylic oxidation sites excluding steroid dienone is 2. The zero-order chi connectivity index (χ0) is 12.4. The van der Waals surface area contributed by atoms with Gasteiger partial charge in [-0.3, -0.25) is 4.79 Å². The Balaban J connectivity index is 1.67. The minimum atomic E-state index is 0.336. The van der Waals surface area contributed by atoms with Crippen molar-refractivity contribution in [2.45, 2.75) is 48.7 Å². The van der Waals surface area contributed by atoms with Gasteiger partial charge < -0.3 is 0 Å². The monoisotopic (exact) mass is 258 g/mol. The van der Waals surface area contributed by atoms with Crippen molar-refractivity contribution in [2.24, 2.45) is 0 Å². The topological polar surface area (TPSA) is 17.1 Å². The summed E-state index contributed by atoms with van der Waals surface area (Å²) >= 11 is 1.99. The first-order chi connectivity index (χ1) is 8.81. The van der Waals surface area contributed by atoms with E-state index >= 15 is 0 Å². The molecule has 1 nitrogen and oxygen atoms in total. The first-order valence-corrected chi connectivity index (χ1v) is 7.66. The molecule has 1 heterocycles. The molecule has 0 spiro atoms. The van der Waals surface area contributed by atoms with Crippen LogP contribution in [0.5, 0.6) is 0 Å². The lowest BCUT2D eigenvalue weighted by atomic mass is 10.0. The number of ketones is 1. The Bertz CT molecular complexity index is 465. The molecule has 2 aliphatic rings. The maximum atomic E-state index is 11.6. The fraction of sp³-hybridized carbons (Fsp3) is 0.438. The lowest BCUT2D eigenvalue weighted by molar-refractivity contribution is -0.114. The zero-order valence-electron chi connectivity index (χ0n) is 10.5. The second kappa shape index (κ2) is 5.31. The van der Waals surface area contributed by atoms with E-state index in [-0.39, 0.29) is 0 Å². The largest absolute Gasteiger partial charge is 0.295 e. The normalized spacial score (nSPS) is 23.4. The van der Waals surface area contributed by atoms with Crippen molar-refractivity contribution in [3.05, 3.63) is 41.5 Å². The predicted molar refractivity (Wildman–Crippen MR) is 76.0 cm³/mol. The SMILES string of the molecule is O=C1C=C(CC2Cc3ccccc3S2)CCCC1. The lowest BCUT2D eigenvalue weighted by Crippen LogP contribution is -2.03. The molecule has 0 aromatic heterocycles. The van der Waals surface area contributed by atoms with Crippen LogP contribution in [-0.4, -0.2) is 11.0 Å². The van der Waals surface area contributed by atoms with Crippen LogP contribution in [0.1, 0.15) is 37.7 Å². The fourth-order valence-electron chi connectivity index (χ4n) is 2.84. The van der Waals surface area contributed by atoms with Gasteiger partial charge in [0.05, 0.1) is 0 Å². The lowest BCUT2D eigenvalue weighted by Gasteiger charge is -2.10. The van der Waals surface area contributed by atoms with E-state index in [4.69, 9.17) is 0 Å². The van der Waals surface area contributed by atoms with E-state index in [9.17, 15) is 4.79 Å². The Morgan fingerprint density at radius 1 is 1.17 bits per heavy atom. The van der Waals surface area contributed by atoms with Crippen molar-refractivity contribution in [1.82, 2.24) is 0 Å². The minimum Gasteiger partial charge on any atom is -0.295 e. The predicted octanol–water partition coefficient (Wildman–Crippen LogP) is 4.16. The van der Waals surface area contributed by atoms with Crippen molar-refractivity contribution >= 4 is 17.5 Å². The van der Waals surface area contributed by atoms with Crippen LogP contribution >= 0.6 is 11.8 Å². The molecule has 0 amide bonds. The highest BCUT2D eigenvalue weighted by Gasteiger charge is 2.23. The summed E-state index contributed by atoms with van der Waals surface area (Å²) in [6.45, 7) is 0. The number of fused-ring (bicyclic) bond motifs is 1. The summed E-state index contributed by atoms with van der Waals surface area (Å²) in [7, 11) is 0. The molecule has 94 valence electrons. The van der Waals surface area contributed by atoms with Gasteiger partial charge in [-0.15, -0.1) is 11.8 Å². The van der Waals surface area contributed by atoms with Crippen molar-refractivity contribution in [1.29, 1.82) is 0 Å². The van der Waals surface area contributed by atoms with Crippen LogP contribution in [0.25, 0.3) is 0 Å². The third-order valence-electron chi connectivity index (χ3n) is 3.74. The number of carbonyl (C=O) groups excluding carboxylic acids is 1.